The van der Waals surface area contributed by atoms with E-state index in [0.717, 1.165) is 0 Å². The van der Waals surface area contributed by atoms with E-state index in [4.69, 9.17) is 11.5 Å². The maximum atomic E-state index is 12.3. The molecule has 1 unspecified atom stereocenters. The second-order valence-electron chi connectivity index (χ2n) is 4.97. The molecule has 2 amide bonds. The fourth-order valence-electron chi connectivity index (χ4n) is 2.20. The van der Waals surface area contributed by atoms with Crippen molar-refractivity contribution in [2.24, 2.45) is 18.2 Å². The highest BCUT2D eigenvalue weighted by Crippen LogP contribution is 2.30. The van der Waals surface area contributed by atoms with Gasteiger partial charge in [-0.2, -0.15) is 5.10 Å². The summed E-state index contributed by atoms with van der Waals surface area (Å²) in [5.41, 5.74) is 11.1. The molecule has 0 bridgehead atoms. The summed E-state index contributed by atoms with van der Waals surface area (Å²) in [6, 6.07) is 0. The van der Waals surface area contributed by atoms with Crippen molar-refractivity contribution < 1.29 is 9.59 Å². The van der Waals surface area contributed by atoms with Gasteiger partial charge in [0.2, 0.25) is 5.91 Å². The molecule has 7 heteroatoms. The summed E-state index contributed by atoms with van der Waals surface area (Å²) in [6.07, 6.45) is 2.02. The zero-order chi connectivity index (χ0) is 13.5. The van der Waals surface area contributed by atoms with Gasteiger partial charge in [-0.15, -0.1) is 0 Å². The highest BCUT2D eigenvalue weighted by atomic mass is 16.2. The second-order valence-corrected chi connectivity index (χ2v) is 4.97. The third-order valence-electron chi connectivity index (χ3n) is 3.53. The minimum absolute atomic E-state index is 0.211. The van der Waals surface area contributed by atoms with E-state index >= 15 is 0 Å². The Labute approximate surface area is 105 Å². The van der Waals surface area contributed by atoms with Crippen LogP contribution < -0.4 is 11.5 Å². The van der Waals surface area contributed by atoms with Crippen LogP contribution in [0.3, 0.4) is 0 Å². The molecule has 1 atom stereocenters. The first-order valence-corrected chi connectivity index (χ1v) is 5.72. The van der Waals surface area contributed by atoms with Crippen molar-refractivity contribution in [1.29, 1.82) is 0 Å². The Hall–Kier alpha value is -2.05. The van der Waals surface area contributed by atoms with E-state index in [-0.39, 0.29) is 11.8 Å². The van der Waals surface area contributed by atoms with Gasteiger partial charge in [-0.05, 0) is 13.3 Å². The summed E-state index contributed by atoms with van der Waals surface area (Å²) in [4.78, 5) is 25.2. The van der Waals surface area contributed by atoms with E-state index in [9.17, 15) is 9.59 Å². The smallest absolute Gasteiger partial charge is 0.274 e. The van der Waals surface area contributed by atoms with Crippen LogP contribution in [0.4, 0.5) is 5.69 Å². The second kappa shape index (κ2) is 4.01. The van der Waals surface area contributed by atoms with Gasteiger partial charge in [0.15, 0.2) is 0 Å². The lowest BCUT2D eigenvalue weighted by Gasteiger charge is -2.21. The fourth-order valence-corrected chi connectivity index (χ4v) is 2.20. The van der Waals surface area contributed by atoms with Crippen molar-refractivity contribution in [1.82, 2.24) is 14.7 Å². The summed E-state index contributed by atoms with van der Waals surface area (Å²) in [5.74, 6) is -0.590. The van der Waals surface area contributed by atoms with Crippen LogP contribution in [0.1, 0.15) is 23.8 Å². The summed E-state index contributed by atoms with van der Waals surface area (Å²) < 4.78 is 1.44. The molecule has 0 aromatic carbocycles. The number of nitrogens with two attached hydrogens (primary N) is 2. The van der Waals surface area contributed by atoms with Crippen molar-refractivity contribution in [2.75, 3.05) is 18.8 Å². The van der Waals surface area contributed by atoms with E-state index in [1.165, 1.54) is 10.9 Å². The number of anilines is 1. The van der Waals surface area contributed by atoms with E-state index in [1.807, 2.05) is 0 Å². The topological polar surface area (TPSA) is 107 Å². The molecule has 98 valence electrons. The first-order chi connectivity index (χ1) is 8.35. The molecule has 1 aliphatic rings. The first-order valence-electron chi connectivity index (χ1n) is 5.72. The van der Waals surface area contributed by atoms with Crippen LogP contribution in [0.15, 0.2) is 6.20 Å². The number of hydrogen-bond donors (Lipinski definition) is 2. The van der Waals surface area contributed by atoms with Crippen molar-refractivity contribution >= 4 is 17.5 Å². The number of amides is 2. The molecule has 1 aromatic heterocycles. The zero-order valence-corrected chi connectivity index (χ0v) is 10.5. The summed E-state index contributed by atoms with van der Waals surface area (Å²) in [7, 11) is 1.66. The average molecular weight is 251 g/mol. The summed E-state index contributed by atoms with van der Waals surface area (Å²) in [5, 5.41) is 3.93. The third kappa shape index (κ3) is 1.81. The van der Waals surface area contributed by atoms with Crippen molar-refractivity contribution in [3.05, 3.63) is 11.9 Å². The van der Waals surface area contributed by atoms with Gasteiger partial charge in [-0.25, -0.2) is 0 Å². The Morgan fingerprint density at radius 1 is 1.50 bits per heavy atom. The number of rotatable bonds is 2. The largest absolute Gasteiger partial charge is 0.396 e. The minimum Gasteiger partial charge on any atom is -0.396 e. The van der Waals surface area contributed by atoms with Crippen molar-refractivity contribution in [2.45, 2.75) is 13.3 Å². The third-order valence-corrected chi connectivity index (χ3v) is 3.53. The Bertz CT molecular complexity index is 490. The molecule has 0 saturated carbocycles. The minimum atomic E-state index is -0.650. The molecule has 0 spiro atoms. The average Bonchev–Trinajstić information content (AvgIpc) is 2.84. The van der Waals surface area contributed by atoms with Crippen LogP contribution in [0.2, 0.25) is 0 Å². The van der Waals surface area contributed by atoms with Gasteiger partial charge >= 0.3 is 0 Å². The van der Waals surface area contributed by atoms with Gasteiger partial charge in [-0.1, -0.05) is 0 Å². The maximum absolute atomic E-state index is 12.3. The standard InChI is InChI=1S/C11H17N5O2/c1-11(10(13)18)3-4-16(6-11)9(17)8-7(12)5-14-15(8)2/h5H,3-4,6,12H2,1-2H3,(H2,13,18). The number of hydrogen-bond acceptors (Lipinski definition) is 4. The molecule has 4 N–H and O–H groups in total. The van der Waals surface area contributed by atoms with Crippen LogP contribution in [0, 0.1) is 5.41 Å². The summed E-state index contributed by atoms with van der Waals surface area (Å²) in [6.45, 7) is 2.60. The highest BCUT2D eigenvalue weighted by Gasteiger charge is 2.41. The Kier molecular flexibility index (Phi) is 2.76. The zero-order valence-electron chi connectivity index (χ0n) is 10.5. The quantitative estimate of drug-likeness (QED) is 0.727. The fraction of sp³-hybridized carbons (Fsp3) is 0.545. The maximum Gasteiger partial charge on any atom is 0.274 e. The number of nitrogen functional groups attached to an aromatic ring is 1. The molecule has 1 aromatic rings. The normalized spacial score (nSPS) is 23.3. The van der Waals surface area contributed by atoms with E-state index in [2.05, 4.69) is 5.10 Å². The number of carbonyl (C=O) groups is 2. The number of nitrogens with zero attached hydrogens (tertiary/aromatic N) is 3. The van der Waals surface area contributed by atoms with Crippen LogP contribution in [-0.2, 0) is 11.8 Å². The molecule has 0 radical (unpaired) electrons. The number of carbonyl (C=O) groups excluding carboxylic acids is 2. The first kappa shape index (κ1) is 12.4. The lowest BCUT2D eigenvalue weighted by Crippen LogP contribution is -2.39. The van der Waals surface area contributed by atoms with Gasteiger partial charge in [0, 0.05) is 20.1 Å². The van der Waals surface area contributed by atoms with Crippen molar-refractivity contribution in [3.63, 3.8) is 0 Å². The van der Waals surface area contributed by atoms with Crippen LogP contribution >= 0.6 is 0 Å². The molecule has 1 fully saturated rings. The van der Waals surface area contributed by atoms with Crippen LogP contribution in [0.25, 0.3) is 0 Å². The van der Waals surface area contributed by atoms with Crippen molar-refractivity contribution in [3.8, 4) is 0 Å². The Morgan fingerprint density at radius 3 is 2.61 bits per heavy atom. The van der Waals surface area contributed by atoms with Crippen LogP contribution in [-0.4, -0.2) is 39.6 Å². The monoisotopic (exact) mass is 251 g/mol. The lowest BCUT2D eigenvalue weighted by atomic mass is 9.89. The molecule has 2 rings (SSSR count). The Morgan fingerprint density at radius 2 is 2.17 bits per heavy atom. The van der Waals surface area contributed by atoms with Gasteiger partial charge < -0.3 is 16.4 Å². The lowest BCUT2D eigenvalue weighted by molar-refractivity contribution is -0.126. The van der Waals surface area contributed by atoms with E-state index in [1.54, 1.807) is 18.9 Å². The Balaban J connectivity index is 2.21. The SMILES string of the molecule is Cn1ncc(N)c1C(=O)N1CCC(C)(C(N)=O)C1. The predicted octanol–water partition coefficient (Wildman–Crippen LogP) is -0.660. The molecular formula is C11H17N5O2. The molecule has 1 saturated heterocycles. The van der Waals surface area contributed by atoms with E-state index < -0.39 is 5.41 Å². The predicted molar refractivity (Wildman–Crippen MR) is 65.4 cm³/mol. The van der Waals surface area contributed by atoms with Crippen LogP contribution in [0.5, 0.6) is 0 Å². The van der Waals surface area contributed by atoms with Gasteiger partial charge in [-0.3, -0.25) is 14.3 Å². The molecule has 0 aliphatic carbocycles. The number of likely N-dealkylation sites (tertiary alicyclic amines) is 1. The van der Waals surface area contributed by atoms with Gasteiger partial charge in [0.25, 0.3) is 5.91 Å². The van der Waals surface area contributed by atoms with E-state index in [0.29, 0.717) is 30.9 Å². The number of aryl methyl sites for hydroxylation is 1. The van der Waals surface area contributed by atoms with Gasteiger partial charge in [0.05, 0.1) is 17.3 Å². The molecule has 7 nitrogen and oxygen atoms in total. The molecule has 2 heterocycles. The number of aromatic nitrogens is 2. The molecule has 18 heavy (non-hydrogen) atoms. The summed E-state index contributed by atoms with van der Waals surface area (Å²) >= 11 is 0. The highest BCUT2D eigenvalue weighted by molar-refractivity contribution is 5.98. The molecular weight excluding hydrogens is 234 g/mol. The molecule has 1 aliphatic heterocycles. The number of primary amides is 1. The van der Waals surface area contributed by atoms with Gasteiger partial charge in [0.1, 0.15) is 5.69 Å².